The topological polar surface area (TPSA) is 20.5 Å². The molecule has 0 aliphatic carbocycles. The van der Waals surface area contributed by atoms with Gasteiger partial charge in [0.05, 0.1) is 11.4 Å². The Morgan fingerprint density at radius 2 is 1.71 bits per heavy atom. The molecule has 31 heavy (non-hydrogen) atoms. The van der Waals surface area contributed by atoms with Crippen molar-refractivity contribution < 1.29 is 0 Å². The van der Waals surface area contributed by atoms with E-state index in [2.05, 4.69) is 81.4 Å². The molecule has 3 nitrogen and oxygen atoms in total. The van der Waals surface area contributed by atoms with Crippen LogP contribution in [-0.2, 0) is 0 Å². The number of hydrogen-bond donors (Lipinski definition) is 0. The van der Waals surface area contributed by atoms with Crippen LogP contribution in [0.5, 0.6) is 0 Å². The molecule has 0 aliphatic heterocycles. The summed E-state index contributed by atoms with van der Waals surface area (Å²) < 4.78 is 2.04. The maximum absolute atomic E-state index is 4.74. The average molecular weight is 406 g/mol. The predicted octanol–water partition coefficient (Wildman–Crippen LogP) is 7.32. The molecular weight excluding hydrogens is 378 g/mol. The van der Waals surface area contributed by atoms with Gasteiger partial charge in [-0.25, -0.2) is 4.98 Å². The fourth-order valence-corrected chi connectivity index (χ4v) is 4.07. The van der Waals surface area contributed by atoms with Crippen molar-refractivity contribution in [3.8, 4) is 11.3 Å². The van der Waals surface area contributed by atoms with Gasteiger partial charge in [0.15, 0.2) is 0 Å². The molecule has 0 aliphatic rings. The van der Waals surface area contributed by atoms with Crippen molar-refractivity contribution in [1.29, 1.82) is 0 Å². The summed E-state index contributed by atoms with van der Waals surface area (Å²) in [5.74, 6) is 0. The lowest BCUT2D eigenvalue weighted by Crippen LogP contribution is -2.17. The van der Waals surface area contributed by atoms with Crippen LogP contribution in [0.25, 0.3) is 16.9 Å². The Morgan fingerprint density at radius 1 is 1.00 bits per heavy atom. The second-order valence-electron chi connectivity index (χ2n) is 7.81. The van der Waals surface area contributed by atoms with Crippen LogP contribution < -0.4 is 4.90 Å². The normalized spacial score (nSPS) is 11.2. The van der Waals surface area contributed by atoms with Gasteiger partial charge < -0.3 is 9.30 Å². The average Bonchev–Trinajstić information content (AvgIpc) is 3.19. The zero-order valence-electron chi connectivity index (χ0n) is 18.3. The van der Waals surface area contributed by atoms with Crippen LogP contribution in [0.2, 0.25) is 0 Å². The van der Waals surface area contributed by atoms with E-state index in [1.165, 1.54) is 16.7 Å². The van der Waals surface area contributed by atoms with Gasteiger partial charge in [-0.05, 0) is 62.2 Å². The summed E-state index contributed by atoms with van der Waals surface area (Å²) in [4.78, 5) is 6.94. The highest BCUT2D eigenvalue weighted by Gasteiger charge is 2.17. The van der Waals surface area contributed by atoms with Crippen LogP contribution in [0.1, 0.15) is 16.7 Å². The first-order valence-electron chi connectivity index (χ1n) is 10.4. The van der Waals surface area contributed by atoms with Crippen molar-refractivity contribution in [3.63, 3.8) is 0 Å². The number of fused-ring (bicyclic) bond motifs is 1. The quantitative estimate of drug-likeness (QED) is 0.313. The molecule has 0 unspecified atom stereocenters. The molecule has 2 aromatic heterocycles. The monoisotopic (exact) mass is 405 g/mol. The summed E-state index contributed by atoms with van der Waals surface area (Å²) in [6, 6.07) is 18.9. The number of imidazole rings is 1. The van der Waals surface area contributed by atoms with E-state index < -0.39 is 0 Å². The maximum Gasteiger partial charge on any atom is 0.137 e. The predicted molar refractivity (Wildman–Crippen MR) is 132 cm³/mol. The van der Waals surface area contributed by atoms with E-state index >= 15 is 0 Å². The summed E-state index contributed by atoms with van der Waals surface area (Å²) >= 11 is 0. The summed E-state index contributed by atoms with van der Waals surface area (Å²) in [6.45, 7) is 14.6. The Kier molecular flexibility index (Phi) is 5.59. The molecule has 2 heterocycles. The van der Waals surface area contributed by atoms with Gasteiger partial charge >= 0.3 is 0 Å². The number of allylic oxidation sites excluding steroid dienone is 3. The number of hydrogen-bond acceptors (Lipinski definition) is 2. The molecule has 154 valence electrons. The van der Waals surface area contributed by atoms with Gasteiger partial charge in [-0.15, -0.1) is 0 Å². The number of anilines is 2. The van der Waals surface area contributed by atoms with Crippen molar-refractivity contribution >= 4 is 17.0 Å². The Hall–Kier alpha value is -3.85. The van der Waals surface area contributed by atoms with Gasteiger partial charge in [-0.3, -0.25) is 0 Å². The van der Waals surface area contributed by atoms with Crippen molar-refractivity contribution in [2.75, 3.05) is 4.90 Å². The maximum atomic E-state index is 4.74. The standard InChI is InChI=1S/C28H27N3/c1-6-7-10-23(5)31(28-21(3)17-20(2)18-22(28)4)25-14-12-24(13-15-25)26-19-30-16-9-8-11-27(30)29-26/h6-19H,1,5H2,2-4H3/b10-7-. The van der Waals surface area contributed by atoms with Gasteiger partial charge in [0.1, 0.15) is 5.65 Å². The number of pyridine rings is 1. The highest BCUT2D eigenvalue weighted by Crippen LogP contribution is 2.36. The molecule has 0 atom stereocenters. The van der Waals surface area contributed by atoms with E-state index in [-0.39, 0.29) is 0 Å². The minimum Gasteiger partial charge on any atom is -0.311 e. The molecule has 0 fully saturated rings. The number of aromatic nitrogens is 2. The highest BCUT2D eigenvalue weighted by atomic mass is 15.1. The number of nitrogens with zero attached hydrogens (tertiary/aromatic N) is 3. The van der Waals surface area contributed by atoms with Crippen molar-refractivity contribution in [2.45, 2.75) is 20.8 Å². The number of aryl methyl sites for hydroxylation is 3. The van der Waals surface area contributed by atoms with E-state index in [0.29, 0.717) is 0 Å². The lowest BCUT2D eigenvalue weighted by atomic mass is 10.0. The number of rotatable bonds is 6. The van der Waals surface area contributed by atoms with Gasteiger partial charge in [0.2, 0.25) is 0 Å². The largest absolute Gasteiger partial charge is 0.311 e. The molecule has 0 saturated carbocycles. The third kappa shape index (κ3) is 4.08. The van der Waals surface area contributed by atoms with E-state index in [1.54, 1.807) is 6.08 Å². The molecule has 0 saturated heterocycles. The summed E-state index contributed by atoms with van der Waals surface area (Å²) in [7, 11) is 0. The smallest absolute Gasteiger partial charge is 0.137 e. The summed E-state index contributed by atoms with van der Waals surface area (Å²) in [5.41, 5.74) is 9.77. The molecule has 0 bridgehead atoms. The molecule has 0 radical (unpaired) electrons. The van der Waals surface area contributed by atoms with Crippen LogP contribution in [0, 0.1) is 20.8 Å². The first-order valence-corrected chi connectivity index (χ1v) is 10.4. The zero-order chi connectivity index (χ0) is 22.0. The van der Waals surface area contributed by atoms with Crippen LogP contribution >= 0.6 is 0 Å². The Balaban J connectivity index is 1.77. The first kappa shape index (κ1) is 20.4. The Morgan fingerprint density at radius 3 is 2.35 bits per heavy atom. The molecule has 0 spiro atoms. The molecule has 4 aromatic rings. The highest BCUT2D eigenvalue weighted by molar-refractivity contribution is 5.77. The first-order chi connectivity index (χ1) is 15.0. The minimum absolute atomic E-state index is 0.885. The van der Waals surface area contributed by atoms with Crippen LogP contribution in [-0.4, -0.2) is 9.38 Å². The molecule has 3 heteroatoms. The number of benzene rings is 2. The zero-order valence-corrected chi connectivity index (χ0v) is 18.3. The second-order valence-corrected chi connectivity index (χ2v) is 7.81. The van der Waals surface area contributed by atoms with Gasteiger partial charge in [-0.2, -0.15) is 0 Å². The summed E-state index contributed by atoms with van der Waals surface area (Å²) in [5, 5.41) is 0. The van der Waals surface area contributed by atoms with E-state index in [4.69, 9.17) is 4.98 Å². The Bertz CT molecular complexity index is 1230. The lowest BCUT2D eigenvalue weighted by molar-refractivity contribution is 1.16. The van der Waals surface area contributed by atoms with Crippen molar-refractivity contribution in [1.82, 2.24) is 9.38 Å². The molecule has 0 amide bonds. The van der Waals surface area contributed by atoms with E-state index in [1.807, 2.05) is 40.9 Å². The Labute approximate surface area is 184 Å². The molecule has 4 rings (SSSR count). The van der Waals surface area contributed by atoms with Gasteiger partial charge in [0.25, 0.3) is 0 Å². The summed E-state index contributed by atoms with van der Waals surface area (Å²) in [6.07, 6.45) is 9.74. The fourth-order valence-electron chi connectivity index (χ4n) is 4.07. The van der Waals surface area contributed by atoms with Crippen LogP contribution in [0.15, 0.2) is 104 Å². The van der Waals surface area contributed by atoms with Gasteiger partial charge in [-0.1, -0.05) is 61.2 Å². The van der Waals surface area contributed by atoms with Crippen LogP contribution in [0.3, 0.4) is 0 Å². The molecule has 2 aromatic carbocycles. The van der Waals surface area contributed by atoms with E-state index in [0.717, 1.165) is 34.0 Å². The van der Waals surface area contributed by atoms with Crippen molar-refractivity contribution in [3.05, 3.63) is 121 Å². The van der Waals surface area contributed by atoms with Crippen molar-refractivity contribution in [2.24, 2.45) is 0 Å². The van der Waals surface area contributed by atoms with Crippen LogP contribution in [0.4, 0.5) is 11.4 Å². The fraction of sp³-hybridized carbons (Fsp3) is 0.107. The molecule has 0 N–H and O–H groups in total. The molecular formula is C28H27N3. The van der Waals surface area contributed by atoms with Gasteiger partial charge in [0, 0.05) is 29.3 Å². The third-order valence-corrected chi connectivity index (χ3v) is 5.36. The minimum atomic E-state index is 0.885. The van der Waals surface area contributed by atoms with E-state index in [9.17, 15) is 0 Å². The lowest BCUT2D eigenvalue weighted by Gasteiger charge is -2.29. The SMILES string of the molecule is C=C/C=C\C(=C)N(c1ccc(-c2cn3ccccc3n2)cc1)c1c(C)cc(C)cc1C. The third-order valence-electron chi connectivity index (χ3n) is 5.36. The second kappa shape index (κ2) is 8.49.